The summed E-state index contributed by atoms with van der Waals surface area (Å²) in [5.41, 5.74) is 1.47. The Morgan fingerprint density at radius 2 is 2.05 bits per heavy atom. The van der Waals surface area contributed by atoms with Crippen molar-refractivity contribution in [1.82, 2.24) is 10.3 Å². The number of hydrogen-bond acceptors (Lipinski definition) is 5. The Labute approximate surface area is 126 Å². The molecule has 1 rings (SSSR count). The van der Waals surface area contributed by atoms with Gasteiger partial charge in [-0.05, 0) is 18.1 Å². The molecule has 0 aliphatic rings. The quantitative estimate of drug-likeness (QED) is 0.763. The zero-order valence-electron chi connectivity index (χ0n) is 13.4. The monoisotopic (exact) mass is 295 g/mol. The van der Waals surface area contributed by atoms with Crippen molar-refractivity contribution in [1.29, 1.82) is 0 Å². The van der Waals surface area contributed by atoms with Gasteiger partial charge in [0.15, 0.2) is 0 Å². The molecule has 0 aliphatic carbocycles. The maximum atomic E-state index is 12.2. The Balaban J connectivity index is 2.79. The van der Waals surface area contributed by atoms with Gasteiger partial charge in [-0.25, -0.2) is 4.98 Å². The molecular weight excluding hydrogens is 270 g/mol. The Morgan fingerprint density at radius 3 is 2.57 bits per heavy atom. The summed E-state index contributed by atoms with van der Waals surface area (Å²) in [6, 6.07) is 3.55. The fraction of sp³-hybridized carbons (Fsp3) is 0.600. The van der Waals surface area contributed by atoms with Crippen molar-refractivity contribution in [3.8, 4) is 0 Å². The van der Waals surface area contributed by atoms with Crippen LogP contribution in [0.4, 0.5) is 5.82 Å². The smallest absolute Gasteiger partial charge is 0.251 e. The fourth-order valence-corrected chi connectivity index (χ4v) is 1.81. The Kier molecular flexibility index (Phi) is 7.11. The van der Waals surface area contributed by atoms with Gasteiger partial charge in [0.25, 0.3) is 5.91 Å². The number of nitrogens with zero attached hydrogens (tertiary/aromatic N) is 1. The molecule has 1 atom stereocenters. The van der Waals surface area contributed by atoms with E-state index in [0.29, 0.717) is 24.5 Å². The molecule has 1 heterocycles. The van der Waals surface area contributed by atoms with Crippen LogP contribution in [0.5, 0.6) is 0 Å². The first-order chi connectivity index (χ1) is 10.0. The van der Waals surface area contributed by atoms with E-state index < -0.39 is 0 Å². The van der Waals surface area contributed by atoms with Crippen LogP contribution in [-0.4, -0.2) is 51.4 Å². The van der Waals surface area contributed by atoms with E-state index in [4.69, 9.17) is 9.47 Å². The van der Waals surface area contributed by atoms with E-state index in [0.717, 1.165) is 5.69 Å². The largest absolute Gasteiger partial charge is 0.382 e. The number of nitrogens with one attached hydrogen (secondary N) is 2. The first-order valence-electron chi connectivity index (χ1n) is 7.01. The molecule has 0 bridgehead atoms. The van der Waals surface area contributed by atoms with Crippen molar-refractivity contribution in [2.75, 3.05) is 39.7 Å². The number of anilines is 1. The molecule has 0 aromatic carbocycles. The van der Waals surface area contributed by atoms with Gasteiger partial charge in [0, 0.05) is 39.1 Å². The number of methoxy groups -OCH3 is 2. The van der Waals surface area contributed by atoms with E-state index in [1.807, 2.05) is 19.9 Å². The average Bonchev–Trinajstić information content (AvgIpc) is 2.50. The van der Waals surface area contributed by atoms with Crippen molar-refractivity contribution in [2.45, 2.75) is 25.9 Å². The molecule has 6 nitrogen and oxygen atoms in total. The Hall–Kier alpha value is -1.66. The second-order valence-electron chi connectivity index (χ2n) is 5.09. The number of carbonyl (C=O) groups excluding carboxylic acids is 1. The summed E-state index contributed by atoms with van der Waals surface area (Å²) in [7, 11) is 4.98. The minimum atomic E-state index is -0.158. The van der Waals surface area contributed by atoms with Crippen molar-refractivity contribution in [3.63, 3.8) is 0 Å². The highest BCUT2D eigenvalue weighted by atomic mass is 16.5. The van der Waals surface area contributed by atoms with Gasteiger partial charge in [-0.1, -0.05) is 13.8 Å². The zero-order chi connectivity index (χ0) is 15.8. The van der Waals surface area contributed by atoms with Crippen LogP contribution >= 0.6 is 0 Å². The lowest BCUT2D eigenvalue weighted by molar-refractivity contribution is 0.0285. The summed E-state index contributed by atoms with van der Waals surface area (Å²) in [6.07, 6.45) is -0.158. The summed E-state index contributed by atoms with van der Waals surface area (Å²) in [4.78, 5) is 16.7. The average molecular weight is 295 g/mol. The van der Waals surface area contributed by atoms with Crippen LogP contribution in [0.3, 0.4) is 0 Å². The lowest BCUT2D eigenvalue weighted by atomic mass is 10.1. The fourth-order valence-electron chi connectivity index (χ4n) is 1.81. The van der Waals surface area contributed by atoms with Crippen molar-refractivity contribution < 1.29 is 14.3 Å². The number of rotatable bonds is 8. The highest BCUT2D eigenvalue weighted by Gasteiger charge is 2.13. The Morgan fingerprint density at radius 1 is 1.33 bits per heavy atom. The maximum absolute atomic E-state index is 12.2. The first kappa shape index (κ1) is 17.4. The third-order valence-corrected chi connectivity index (χ3v) is 3.13. The number of amides is 1. The maximum Gasteiger partial charge on any atom is 0.251 e. The van der Waals surface area contributed by atoms with Crippen molar-refractivity contribution >= 4 is 11.7 Å². The number of hydrogen-bond donors (Lipinski definition) is 2. The van der Waals surface area contributed by atoms with Crippen LogP contribution in [0.1, 0.15) is 35.8 Å². The summed E-state index contributed by atoms with van der Waals surface area (Å²) < 4.78 is 10.2. The lowest BCUT2D eigenvalue weighted by Crippen LogP contribution is -2.35. The highest BCUT2D eigenvalue weighted by molar-refractivity contribution is 5.95. The third kappa shape index (κ3) is 5.32. The molecule has 1 aromatic heterocycles. The summed E-state index contributed by atoms with van der Waals surface area (Å²) in [6.45, 7) is 4.93. The molecule has 1 aromatic rings. The van der Waals surface area contributed by atoms with E-state index in [2.05, 4.69) is 15.6 Å². The molecule has 6 heteroatoms. The summed E-state index contributed by atoms with van der Waals surface area (Å²) in [5.74, 6) is 0.797. The SMILES string of the molecule is CNc1cc(C(=O)NCC(COC)OC)cc(C(C)C)n1. The molecule has 0 spiro atoms. The summed E-state index contributed by atoms with van der Waals surface area (Å²) >= 11 is 0. The Bertz CT molecular complexity index is 463. The topological polar surface area (TPSA) is 72.5 Å². The van der Waals surface area contributed by atoms with E-state index in [9.17, 15) is 4.79 Å². The van der Waals surface area contributed by atoms with Crippen LogP contribution in [-0.2, 0) is 9.47 Å². The van der Waals surface area contributed by atoms with Gasteiger partial charge < -0.3 is 20.1 Å². The highest BCUT2D eigenvalue weighted by Crippen LogP contribution is 2.17. The van der Waals surface area contributed by atoms with Gasteiger partial charge >= 0.3 is 0 Å². The van der Waals surface area contributed by atoms with Crippen LogP contribution in [0.25, 0.3) is 0 Å². The molecule has 2 N–H and O–H groups in total. The van der Waals surface area contributed by atoms with E-state index in [1.165, 1.54) is 0 Å². The number of pyridine rings is 1. The van der Waals surface area contributed by atoms with Crippen LogP contribution < -0.4 is 10.6 Å². The molecule has 0 aliphatic heterocycles. The van der Waals surface area contributed by atoms with Crippen LogP contribution in [0, 0.1) is 0 Å². The third-order valence-electron chi connectivity index (χ3n) is 3.13. The number of aromatic nitrogens is 1. The normalized spacial score (nSPS) is 12.3. The van der Waals surface area contributed by atoms with Crippen LogP contribution in [0.2, 0.25) is 0 Å². The predicted octanol–water partition coefficient (Wildman–Crippen LogP) is 1.64. The van der Waals surface area contributed by atoms with Crippen LogP contribution in [0.15, 0.2) is 12.1 Å². The van der Waals surface area contributed by atoms with Gasteiger partial charge in [0.05, 0.1) is 12.7 Å². The van der Waals surface area contributed by atoms with E-state index in [-0.39, 0.29) is 17.9 Å². The van der Waals surface area contributed by atoms with Gasteiger partial charge in [-0.2, -0.15) is 0 Å². The second kappa shape index (κ2) is 8.59. The molecule has 1 amide bonds. The zero-order valence-corrected chi connectivity index (χ0v) is 13.4. The first-order valence-corrected chi connectivity index (χ1v) is 7.01. The molecule has 0 radical (unpaired) electrons. The number of carbonyl (C=O) groups is 1. The number of ether oxygens (including phenoxy) is 2. The van der Waals surface area contributed by atoms with Gasteiger partial charge in [-0.15, -0.1) is 0 Å². The molecule has 0 saturated heterocycles. The standard InChI is InChI=1S/C15H25N3O3/c1-10(2)13-6-11(7-14(16-3)18-13)15(19)17-8-12(21-5)9-20-4/h6-7,10,12H,8-9H2,1-5H3,(H,16,18)(H,17,19). The second-order valence-corrected chi connectivity index (χ2v) is 5.09. The van der Waals surface area contributed by atoms with Gasteiger partial charge in [0.2, 0.25) is 0 Å². The van der Waals surface area contributed by atoms with E-state index in [1.54, 1.807) is 27.3 Å². The van der Waals surface area contributed by atoms with Gasteiger partial charge in [-0.3, -0.25) is 4.79 Å². The van der Waals surface area contributed by atoms with Crippen molar-refractivity contribution in [3.05, 3.63) is 23.4 Å². The molecule has 21 heavy (non-hydrogen) atoms. The van der Waals surface area contributed by atoms with Gasteiger partial charge in [0.1, 0.15) is 5.82 Å². The molecule has 0 saturated carbocycles. The van der Waals surface area contributed by atoms with Crippen molar-refractivity contribution in [2.24, 2.45) is 0 Å². The minimum absolute atomic E-state index is 0.144. The minimum Gasteiger partial charge on any atom is -0.382 e. The lowest BCUT2D eigenvalue weighted by Gasteiger charge is -2.16. The molecule has 0 fully saturated rings. The van der Waals surface area contributed by atoms with E-state index >= 15 is 0 Å². The predicted molar refractivity (Wildman–Crippen MR) is 82.9 cm³/mol. The molecule has 1 unspecified atom stereocenters. The summed E-state index contributed by atoms with van der Waals surface area (Å²) in [5, 5.41) is 5.83. The molecule has 118 valence electrons. The molecular formula is C15H25N3O3.